The van der Waals surface area contributed by atoms with Gasteiger partial charge in [-0.05, 0) is 37.3 Å². The van der Waals surface area contributed by atoms with Crippen molar-refractivity contribution < 1.29 is 18.7 Å². The molecule has 0 atom stereocenters. The maximum Gasteiger partial charge on any atom is 0.271 e. The molecular formula is C15H11BrF2N2O2. The summed E-state index contributed by atoms with van der Waals surface area (Å²) in [7, 11) is 0. The molecule has 22 heavy (non-hydrogen) atoms. The molecule has 0 heterocycles. The van der Waals surface area contributed by atoms with Gasteiger partial charge in [-0.15, -0.1) is 0 Å². The third-order valence-corrected chi connectivity index (χ3v) is 3.38. The second-order valence-corrected chi connectivity index (χ2v) is 5.34. The van der Waals surface area contributed by atoms with E-state index >= 15 is 0 Å². The van der Waals surface area contributed by atoms with Crippen LogP contribution in [0.1, 0.15) is 22.8 Å². The second-order valence-electron chi connectivity index (χ2n) is 4.43. The van der Waals surface area contributed by atoms with Crippen molar-refractivity contribution in [3.05, 3.63) is 63.6 Å². The number of phenols is 1. The summed E-state index contributed by atoms with van der Waals surface area (Å²) in [6.45, 7) is 1.41. The molecule has 114 valence electrons. The van der Waals surface area contributed by atoms with E-state index in [4.69, 9.17) is 0 Å². The summed E-state index contributed by atoms with van der Waals surface area (Å²) < 4.78 is 27.3. The summed E-state index contributed by atoms with van der Waals surface area (Å²) in [5.74, 6) is -3.15. The number of amides is 1. The van der Waals surface area contributed by atoms with Gasteiger partial charge in [0.15, 0.2) is 11.6 Å². The Labute approximate surface area is 133 Å². The van der Waals surface area contributed by atoms with Crippen molar-refractivity contribution in [3.8, 4) is 5.75 Å². The van der Waals surface area contributed by atoms with E-state index in [0.717, 1.165) is 10.5 Å². The smallest absolute Gasteiger partial charge is 0.271 e. The van der Waals surface area contributed by atoms with E-state index in [9.17, 15) is 18.7 Å². The molecule has 0 aromatic heterocycles. The van der Waals surface area contributed by atoms with Crippen LogP contribution in [0.4, 0.5) is 8.78 Å². The summed E-state index contributed by atoms with van der Waals surface area (Å²) >= 11 is 3.25. The fraction of sp³-hybridized carbons (Fsp3) is 0.0667. The third-order valence-electron chi connectivity index (χ3n) is 2.85. The normalized spacial score (nSPS) is 11.4. The first-order valence-corrected chi connectivity index (χ1v) is 6.96. The lowest BCUT2D eigenvalue weighted by Gasteiger charge is -2.06. The minimum Gasteiger partial charge on any atom is -0.504 e. The lowest BCUT2D eigenvalue weighted by molar-refractivity contribution is 0.0955. The Morgan fingerprint density at radius 2 is 1.86 bits per heavy atom. The fourth-order valence-electron chi connectivity index (χ4n) is 1.70. The summed E-state index contributed by atoms with van der Waals surface area (Å²) in [5.41, 5.74) is 2.57. The number of hydrogen-bond acceptors (Lipinski definition) is 3. The molecule has 0 bridgehead atoms. The van der Waals surface area contributed by atoms with Crippen molar-refractivity contribution in [2.45, 2.75) is 6.92 Å². The van der Waals surface area contributed by atoms with Crippen molar-refractivity contribution in [2.75, 3.05) is 0 Å². The molecule has 0 fully saturated rings. The van der Waals surface area contributed by atoms with Crippen molar-refractivity contribution in [3.63, 3.8) is 0 Å². The molecule has 2 rings (SSSR count). The highest BCUT2D eigenvalue weighted by Crippen LogP contribution is 2.23. The van der Waals surface area contributed by atoms with Crippen LogP contribution in [0.15, 0.2) is 46.0 Å². The maximum absolute atomic E-state index is 13.3. The molecule has 1 amide bonds. The van der Waals surface area contributed by atoms with Gasteiger partial charge in [-0.2, -0.15) is 5.10 Å². The first-order chi connectivity index (χ1) is 10.4. The van der Waals surface area contributed by atoms with Crippen LogP contribution in [0.5, 0.6) is 5.75 Å². The largest absolute Gasteiger partial charge is 0.504 e. The van der Waals surface area contributed by atoms with Gasteiger partial charge >= 0.3 is 0 Å². The highest BCUT2D eigenvalue weighted by Gasteiger charge is 2.13. The second kappa shape index (κ2) is 6.65. The molecule has 0 radical (unpaired) electrons. The lowest BCUT2D eigenvalue weighted by Crippen LogP contribution is -2.19. The zero-order valence-corrected chi connectivity index (χ0v) is 13.0. The van der Waals surface area contributed by atoms with Gasteiger partial charge in [-0.3, -0.25) is 4.79 Å². The topological polar surface area (TPSA) is 61.7 Å². The van der Waals surface area contributed by atoms with Gasteiger partial charge in [0.25, 0.3) is 5.91 Å². The first-order valence-electron chi connectivity index (χ1n) is 6.17. The Morgan fingerprint density at radius 1 is 1.23 bits per heavy atom. The van der Waals surface area contributed by atoms with Crippen molar-refractivity contribution in [2.24, 2.45) is 5.10 Å². The zero-order valence-electron chi connectivity index (χ0n) is 11.4. The number of nitrogens with one attached hydrogen (secondary N) is 1. The van der Waals surface area contributed by atoms with Crippen LogP contribution in [0.25, 0.3) is 0 Å². The Morgan fingerprint density at radius 3 is 2.50 bits per heavy atom. The standard InChI is InChI=1S/C15H11BrF2N2O2/c1-8(12-6-11(17)7-13(18)14(12)21)19-20-15(22)9-2-4-10(16)5-3-9/h2-7,21H,1H3,(H,20,22)/b19-8+. The molecule has 0 spiro atoms. The van der Waals surface area contributed by atoms with E-state index < -0.39 is 23.3 Å². The van der Waals surface area contributed by atoms with E-state index in [2.05, 4.69) is 26.5 Å². The molecule has 0 saturated heterocycles. The maximum atomic E-state index is 13.3. The van der Waals surface area contributed by atoms with Crippen LogP contribution in [0, 0.1) is 11.6 Å². The molecular weight excluding hydrogens is 358 g/mol. The Bertz CT molecular complexity index is 746. The third kappa shape index (κ3) is 3.67. The molecule has 0 saturated carbocycles. The minimum atomic E-state index is -1.09. The van der Waals surface area contributed by atoms with Gasteiger partial charge in [0.05, 0.1) is 5.71 Å². The molecule has 2 aromatic rings. The number of rotatable bonds is 3. The average Bonchev–Trinajstić information content (AvgIpc) is 2.48. The lowest BCUT2D eigenvalue weighted by atomic mass is 10.1. The monoisotopic (exact) mass is 368 g/mol. The number of hydrazone groups is 1. The van der Waals surface area contributed by atoms with Crippen LogP contribution in [0.3, 0.4) is 0 Å². The first kappa shape index (κ1) is 16.1. The number of aromatic hydroxyl groups is 1. The van der Waals surface area contributed by atoms with Gasteiger partial charge in [-0.25, -0.2) is 14.2 Å². The molecule has 0 unspecified atom stereocenters. The number of hydrogen-bond donors (Lipinski definition) is 2. The number of carbonyl (C=O) groups excluding carboxylic acids is 1. The molecule has 2 N–H and O–H groups in total. The van der Waals surface area contributed by atoms with E-state index in [0.29, 0.717) is 11.6 Å². The van der Waals surface area contributed by atoms with Crippen LogP contribution >= 0.6 is 15.9 Å². The molecule has 0 aliphatic carbocycles. The Kier molecular flexibility index (Phi) is 4.87. The number of carbonyl (C=O) groups is 1. The number of phenolic OH excluding ortho intramolecular Hbond substituents is 1. The predicted octanol–water partition coefficient (Wildman–Crippen LogP) is 3.59. The Hall–Kier alpha value is -2.28. The van der Waals surface area contributed by atoms with Gasteiger partial charge in [0.2, 0.25) is 0 Å². The van der Waals surface area contributed by atoms with Crippen LogP contribution in [0.2, 0.25) is 0 Å². The van der Waals surface area contributed by atoms with Crippen LogP contribution in [-0.4, -0.2) is 16.7 Å². The number of benzene rings is 2. The molecule has 4 nitrogen and oxygen atoms in total. The van der Waals surface area contributed by atoms with E-state index in [-0.39, 0.29) is 11.3 Å². The molecule has 0 aliphatic heterocycles. The van der Waals surface area contributed by atoms with Crippen LogP contribution in [-0.2, 0) is 0 Å². The fourth-order valence-corrected chi connectivity index (χ4v) is 1.97. The molecule has 0 aliphatic rings. The molecule has 2 aromatic carbocycles. The SMILES string of the molecule is C/C(=N\NC(=O)c1ccc(Br)cc1)c1cc(F)cc(F)c1O. The van der Waals surface area contributed by atoms with E-state index in [1.807, 2.05) is 0 Å². The highest BCUT2D eigenvalue weighted by molar-refractivity contribution is 9.10. The Balaban J connectivity index is 2.19. The van der Waals surface area contributed by atoms with E-state index in [1.54, 1.807) is 24.3 Å². The van der Waals surface area contributed by atoms with Gasteiger partial charge in [-0.1, -0.05) is 15.9 Å². The predicted molar refractivity (Wildman–Crippen MR) is 81.8 cm³/mol. The van der Waals surface area contributed by atoms with Crippen LogP contribution < -0.4 is 5.43 Å². The van der Waals surface area contributed by atoms with Gasteiger partial charge in [0.1, 0.15) is 5.82 Å². The molecule has 7 heteroatoms. The zero-order chi connectivity index (χ0) is 16.3. The van der Waals surface area contributed by atoms with Crippen molar-refractivity contribution >= 4 is 27.5 Å². The summed E-state index contributed by atoms with van der Waals surface area (Å²) in [6, 6.07) is 8.06. The quantitative estimate of drug-likeness (QED) is 0.642. The van der Waals surface area contributed by atoms with Gasteiger partial charge < -0.3 is 5.11 Å². The van der Waals surface area contributed by atoms with Crippen molar-refractivity contribution in [1.82, 2.24) is 5.43 Å². The van der Waals surface area contributed by atoms with Gasteiger partial charge in [0, 0.05) is 21.7 Å². The number of nitrogens with zero attached hydrogens (tertiary/aromatic N) is 1. The summed E-state index contributed by atoms with van der Waals surface area (Å²) in [5, 5.41) is 13.3. The number of halogens is 3. The highest BCUT2D eigenvalue weighted by atomic mass is 79.9. The summed E-state index contributed by atoms with van der Waals surface area (Å²) in [4.78, 5) is 11.9. The average molecular weight is 369 g/mol. The minimum absolute atomic E-state index is 0.0707. The summed E-state index contributed by atoms with van der Waals surface area (Å²) in [6.07, 6.45) is 0. The van der Waals surface area contributed by atoms with E-state index in [1.165, 1.54) is 6.92 Å². The van der Waals surface area contributed by atoms with Crippen molar-refractivity contribution in [1.29, 1.82) is 0 Å².